The molecule has 0 atom stereocenters. The first kappa shape index (κ1) is 18.9. The molecule has 8 nitrogen and oxygen atoms in total. The quantitative estimate of drug-likeness (QED) is 0.797. The molecule has 2 aromatic heterocycles. The Labute approximate surface area is 158 Å². The zero-order valence-corrected chi connectivity index (χ0v) is 15.6. The number of aromatic nitrogens is 3. The first-order valence-electron chi connectivity index (χ1n) is 9.11. The molecule has 1 saturated carbocycles. The summed E-state index contributed by atoms with van der Waals surface area (Å²) in [6, 6.07) is 3.55. The van der Waals surface area contributed by atoms with Crippen molar-refractivity contribution in [3.8, 4) is 17.6 Å². The number of hydrogen-bond acceptors (Lipinski definition) is 7. The smallest absolute Gasteiger partial charge is 0.278 e. The minimum atomic E-state index is -0.120. The molecule has 144 valence electrons. The summed E-state index contributed by atoms with van der Waals surface area (Å²) < 4.78 is 16.4. The van der Waals surface area contributed by atoms with Gasteiger partial charge in [0.05, 0.1) is 19.3 Å². The van der Waals surface area contributed by atoms with Crippen molar-refractivity contribution in [1.29, 1.82) is 0 Å². The van der Waals surface area contributed by atoms with Gasteiger partial charge in [-0.3, -0.25) is 4.79 Å². The molecule has 27 heavy (non-hydrogen) atoms. The number of ether oxygens (including phenoxy) is 3. The van der Waals surface area contributed by atoms with Gasteiger partial charge < -0.3 is 19.5 Å². The average Bonchev–Trinajstić information content (AvgIpc) is 2.70. The second kappa shape index (κ2) is 9.16. The SMILES string of the molecule is CCOc1ccc(C(=O)NC2CCC(Oc3nccnc3OC)CC2)cn1. The van der Waals surface area contributed by atoms with Crippen LogP contribution in [0.4, 0.5) is 0 Å². The van der Waals surface area contributed by atoms with E-state index >= 15 is 0 Å². The Morgan fingerprint density at radius 1 is 1.11 bits per heavy atom. The lowest BCUT2D eigenvalue weighted by Crippen LogP contribution is -2.39. The highest BCUT2D eigenvalue weighted by Crippen LogP contribution is 2.27. The van der Waals surface area contributed by atoms with E-state index < -0.39 is 0 Å². The van der Waals surface area contributed by atoms with Crippen LogP contribution < -0.4 is 19.5 Å². The summed E-state index contributed by atoms with van der Waals surface area (Å²) in [5.74, 6) is 1.19. The third-order valence-corrected chi connectivity index (χ3v) is 4.41. The normalized spacial score (nSPS) is 19.2. The molecule has 2 heterocycles. The molecular formula is C19H24N4O4. The molecule has 0 aliphatic heterocycles. The van der Waals surface area contributed by atoms with Crippen LogP contribution in [0.15, 0.2) is 30.7 Å². The van der Waals surface area contributed by atoms with Crippen molar-refractivity contribution in [2.45, 2.75) is 44.8 Å². The van der Waals surface area contributed by atoms with E-state index in [-0.39, 0.29) is 18.1 Å². The van der Waals surface area contributed by atoms with E-state index in [1.807, 2.05) is 6.92 Å². The number of rotatable bonds is 7. The molecular weight excluding hydrogens is 348 g/mol. The molecule has 0 radical (unpaired) electrons. The molecule has 0 spiro atoms. The third-order valence-electron chi connectivity index (χ3n) is 4.41. The van der Waals surface area contributed by atoms with Gasteiger partial charge in [0.1, 0.15) is 6.10 Å². The van der Waals surface area contributed by atoms with E-state index in [0.717, 1.165) is 25.7 Å². The van der Waals surface area contributed by atoms with Crippen LogP contribution in [0.25, 0.3) is 0 Å². The van der Waals surface area contributed by atoms with Gasteiger partial charge in [0, 0.05) is 30.7 Å². The first-order valence-corrected chi connectivity index (χ1v) is 9.11. The summed E-state index contributed by atoms with van der Waals surface area (Å²) in [6.45, 7) is 2.44. The Morgan fingerprint density at radius 2 is 1.85 bits per heavy atom. The largest absolute Gasteiger partial charge is 0.478 e. The Balaban J connectivity index is 1.48. The Hall–Kier alpha value is -2.90. The minimum Gasteiger partial charge on any atom is -0.478 e. The van der Waals surface area contributed by atoms with Crippen molar-refractivity contribution < 1.29 is 19.0 Å². The average molecular weight is 372 g/mol. The third kappa shape index (κ3) is 5.06. The van der Waals surface area contributed by atoms with E-state index in [4.69, 9.17) is 14.2 Å². The molecule has 1 amide bonds. The predicted octanol–water partition coefficient (Wildman–Crippen LogP) is 2.40. The highest BCUT2D eigenvalue weighted by Gasteiger charge is 2.25. The van der Waals surface area contributed by atoms with Gasteiger partial charge in [-0.05, 0) is 38.7 Å². The molecule has 1 aliphatic carbocycles. The van der Waals surface area contributed by atoms with E-state index in [1.54, 1.807) is 31.6 Å². The standard InChI is InChI=1S/C19H24N4O4/c1-3-26-16-9-4-13(12-22-16)17(24)23-14-5-7-15(8-6-14)27-19-18(25-2)20-10-11-21-19/h4,9-12,14-15H,3,5-8H2,1-2H3,(H,23,24). The van der Waals surface area contributed by atoms with Crippen LogP contribution in [0.1, 0.15) is 43.0 Å². The number of nitrogens with zero attached hydrogens (tertiary/aromatic N) is 3. The van der Waals surface area contributed by atoms with Crippen molar-refractivity contribution in [3.63, 3.8) is 0 Å². The maximum atomic E-state index is 12.4. The second-order valence-electron chi connectivity index (χ2n) is 6.25. The lowest BCUT2D eigenvalue weighted by Gasteiger charge is -2.29. The topological polar surface area (TPSA) is 95.5 Å². The van der Waals surface area contributed by atoms with Gasteiger partial charge in [-0.1, -0.05) is 0 Å². The number of carbonyl (C=O) groups excluding carboxylic acids is 1. The van der Waals surface area contributed by atoms with Gasteiger partial charge in [-0.2, -0.15) is 0 Å². The maximum Gasteiger partial charge on any atom is 0.278 e. The lowest BCUT2D eigenvalue weighted by molar-refractivity contribution is 0.0886. The van der Waals surface area contributed by atoms with Crippen LogP contribution in [0.5, 0.6) is 17.6 Å². The van der Waals surface area contributed by atoms with Crippen molar-refractivity contribution in [2.24, 2.45) is 0 Å². The second-order valence-corrected chi connectivity index (χ2v) is 6.25. The lowest BCUT2D eigenvalue weighted by atomic mass is 9.92. The monoisotopic (exact) mass is 372 g/mol. The van der Waals surface area contributed by atoms with Gasteiger partial charge in [-0.15, -0.1) is 0 Å². The van der Waals surface area contributed by atoms with Gasteiger partial charge in [0.15, 0.2) is 0 Å². The maximum absolute atomic E-state index is 12.4. The fourth-order valence-electron chi connectivity index (χ4n) is 3.03. The number of amides is 1. The fourth-order valence-corrected chi connectivity index (χ4v) is 3.03. The predicted molar refractivity (Wildman–Crippen MR) is 98.1 cm³/mol. The molecule has 2 aromatic rings. The molecule has 0 aromatic carbocycles. The van der Waals surface area contributed by atoms with Crippen molar-refractivity contribution in [1.82, 2.24) is 20.3 Å². The van der Waals surface area contributed by atoms with E-state index in [1.165, 1.54) is 6.20 Å². The fraction of sp³-hybridized carbons (Fsp3) is 0.474. The number of carbonyl (C=O) groups is 1. The zero-order valence-electron chi connectivity index (χ0n) is 15.6. The number of methoxy groups -OCH3 is 1. The molecule has 1 N–H and O–H groups in total. The van der Waals surface area contributed by atoms with Gasteiger partial charge in [-0.25, -0.2) is 15.0 Å². The number of hydrogen-bond donors (Lipinski definition) is 1. The van der Waals surface area contributed by atoms with E-state index in [0.29, 0.717) is 29.8 Å². The summed E-state index contributed by atoms with van der Waals surface area (Å²) in [5.41, 5.74) is 0.529. The Morgan fingerprint density at radius 3 is 2.48 bits per heavy atom. The molecule has 1 fully saturated rings. The summed E-state index contributed by atoms with van der Waals surface area (Å²) >= 11 is 0. The van der Waals surface area contributed by atoms with Crippen LogP contribution in [0.2, 0.25) is 0 Å². The van der Waals surface area contributed by atoms with E-state index in [9.17, 15) is 4.79 Å². The van der Waals surface area contributed by atoms with Crippen molar-refractivity contribution >= 4 is 5.91 Å². The molecule has 0 saturated heterocycles. The van der Waals surface area contributed by atoms with Gasteiger partial charge in [0.25, 0.3) is 17.7 Å². The van der Waals surface area contributed by atoms with Crippen LogP contribution in [-0.2, 0) is 0 Å². The summed E-state index contributed by atoms with van der Waals surface area (Å²) in [6.07, 6.45) is 8.04. The summed E-state index contributed by atoms with van der Waals surface area (Å²) in [7, 11) is 1.54. The Kier molecular flexibility index (Phi) is 6.40. The highest BCUT2D eigenvalue weighted by molar-refractivity contribution is 5.94. The van der Waals surface area contributed by atoms with Crippen molar-refractivity contribution in [3.05, 3.63) is 36.3 Å². The van der Waals surface area contributed by atoms with Crippen LogP contribution >= 0.6 is 0 Å². The summed E-state index contributed by atoms with van der Waals surface area (Å²) in [5, 5.41) is 3.07. The molecule has 0 bridgehead atoms. The Bertz CT molecular complexity index is 746. The molecule has 1 aliphatic rings. The van der Waals surface area contributed by atoms with Crippen LogP contribution in [0.3, 0.4) is 0 Å². The minimum absolute atomic E-state index is 0.0379. The van der Waals surface area contributed by atoms with Crippen LogP contribution in [0, 0.1) is 0 Å². The molecule has 3 rings (SSSR count). The number of nitrogens with one attached hydrogen (secondary N) is 1. The highest BCUT2D eigenvalue weighted by atomic mass is 16.5. The first-order chi connectivity index (χ1) is 13.2. The molecule has 0 unspecified atom stereocenters. The molecule has 8 heteroatoms. The van der Waals surface area contributed by atoms with Crippen LogP contribution in [-0.4, -0.2) is 46.7 Å². The van der Waals surface area contributed by atoms with Crippen molar-refractivity contribution in [2.75, 3.05) is 13.7 Å². The van der Waals surface area contributed by atoms with Gasteiger partial charge in [0.2, 0.25) is 5.88 Å². The summed E-state index contributed by atoms with van der Waals surface area (Å²) in [4.78, 5) is 24.8. The number of pyridine rings is 1. The van der Waals surface area contributed by atoms with Gasteiger partial charge >= 0.3 is 0 Å². The zero-order chi connectivity index (χ0) is 19.1. The van der Waals surface area contributed by atoms with E-state index in [2.05, 4.69) is 20.3 Å².